The van der Waals surface area contributed by atoms with E-state index in [0.717, 1.165) is 31.1 Å². The number of pyridine rings is 1. The third-order valence-electron chi connectivity index (χ3n) is 4.36. The van der Waals surface area contributed by atoms with Crippen molar-refractivity contribution < 1.29 is 13.5 Å². The molecule has 0 radical (unpaired) electrons. The highest BCUT2D eigenvalue weighted by Gasteiger charge is 2.26. The van der Waals surface area contributed by atoms with E-state index in [2.05, 4.69) is 9.71 Å². The van der Waals surface area contributed by atoms with Gasteiger partial charge in [0.25, 0.3) is 0 Å². The van der Waals surface area contributed by atoms with E-state index in [1.165, 1.54) is 0 Å². The lowest BCUT2D eigenvalue weighted by atomic mass is 9.87. The van der Waals surface area contributed by atoms with E-state index in [4.69, 9.17) is 5.11 Å². The lowest BCUT2D eigenvalue weighted by molar-refractivity contribution is 0.180. The molecule has 1 aliphatic rings. The fourth-order valence-corrected chi connectivity index (χ4v) is 4.61. The normalized spacial score (nSPS) is 22.8. The molecule has 1 heterocycles. The van der Waals surface area contributed by atoms with Crippen molar-refractivity contribution in [2.45, 2.75) is 36.6 Å². The van der Waals surface area contributed by atoms with Gasteiger partial charge < -0.3 is 5.11 Å². The summed E-state index contributed by atoms with van der Waals surface area (Å²) in [6.45, 7) is 0.190. The number of aromatic nitrogens is 1. The van der Waals surface area contributed by atoms with Crippen LogP contribution in [0.2, 0.25) is 0 Å². The first-order valence-corrected chi connectivity index (χ1v) is 9.04. The van der Waals surface area contributed by atoms with Gasteiger partial charge in [-0.1, -0.05) is 12.1 Å². The third kappa shape index (κ3) is 3.14. The number of aliphatic hydroxyl groups excluding tert-OH is 1. The molecule has 22 heavy (non-hydrogen) atoms. The van der Waals surface area contributed by atoms with E-state index in [1.54, 1.807) is 30.6 Å². The van der Waals surface area contributed by atoms with Gasteiger partial charge in [0.05, 0.1) is 4.90 Å². The van der Waals surface area contributed by atoms with Crippen molar-refractivity contribution in [3.05, 3.63) is 36.7 Å². The van der Waals surface area contributed by atoms with E-state index < -0.39 is 10.0 Å². The number of aliphatic hydroxyl groups is 1. The molecule has 0 aliphatic heterocycles. The van der Waals surface area contributed by atoms with Gasteiger partial charge in [-0.05, 0) is 43.7 Å². The molecule has 1 aromatic carbocycles. The van der Waals surface area contributed by atoms with Crippen LogP contribution in [-0.2, 0) is 10.0 Å². The summed E-state index contributed by atoms with van der Waals surface area (Å²) in [5.41, 5.74) is 0. The first-order valence-electron chi connectivity index (χ1n) is 7.56. The van der Waals surface area contributed by atoms with Crippen LogP contribution in [0.3, 0.4) is 0 Å². The lowest BCUT2D eigenvalue weighted by Gasteiger charge is -2.27. The highest BCUT2D eigenvalue weighted by atomic mass is 32.2. The average Bonchev–Trinajstić information content (AvgIpc) is 2.54. The Kier molecular flexibility index (Phi) is 4.42. The van der Waals surface area contributed by atoms with Gasteiger partial charge in [-0.15, -0.1) is 0 Å². The molecular formula is C16H20N2O3S. The fourth-order valence-electron chi connectivity index (χ4n) is 3.07. The highest BCUT2D eigenvalue weighted by Crippen LogP contribution is 2.27. The number of hydrogen-bond acceptors (Lipinski definition) is 4. The number of nitrogens with one attached hydrogen (secondary N) is 1. The zero-order chi connectivity index (χ0) is 15.6. The molecule has 5 nitrogen and oxygen atoms in total. The van der Waals surface area contributed by atoms with Crippen LogP contribution in [0.15, 0.2) is 41.6 Å². The number of sulfonamides is 1. The summed E-state index contributed by atoms with van der Waals surface area (Å²) < 4.78 is 28.2. The van der Waals surface area contributed by atoms with Gasteiger partial charge in [0, 0.05) is 35.8 Å². The Hall–Kier alpha value is -1.50. The van der Waals surface area contributed by atoms with Crippen molar-refractivity contribution in [2.24, 2.45) is 5.92 Å². The minimum atomic E-state index is -3.55. The van der Waals surface area contributed by atoms with E-state index in [1.807, 2.05) is 6.07 Å². The average molecular weight is 320 g/mol. The Morgan fingerprint density at radius 2 is 1.95 bits per heavy atom. The Balaban J connectivity index is 1.83. The molecule has 1 aromatic heterocycles. The van der Waals surface area contributed by atoms with Gasteiger partial charge in [-0.3, -0.25) is 4.98 Å². The van der Waals surface area contributed by atoms with Crippen molar-refractivity contribution in [1.82, 2.24) is 9.71 Å². The van der Waals surface area contributed by atoms with E-state index in [-0.39, 0.29) is 12.6 Å². The Morgan fingerprint density at radius 1 is 1.18 bits per heavy atom. The summed E-state index contributed by atoms with van der Waals surface area (Å²) in [7, 11) is -3.55. The van der Waals surface area contributed by atoms with Gasteiger partial charge in [0.1, 0.15) is 0 Å². The SMILES string of the molecule is O=S(=O)(NC1CCC(CO)CC1)c1cccc2cnccc12. The molecule has 1 aliphatic carbocycles. The van der Waals surface area contributed by atoms with Crippen molar-refractivity contribution in [1.29, 1.82) is 0 Å². The smallest absolute Gasteiger partial charge is 0.241 e. The minimum absolute atomic E-state index is 0.0510. The first-order chi connectivity index (χ1) is 10.6. The monoisotopic (exact) mass is 320 g/mol. The van der Waals surface area contributed by atoms with Crippen LogP contribution in [0.4, 0.5) is 0 Å². The summed E-state index contributed by atoms with van der Waals surface area (Å²) in [6.07, 6.45) is 6.55. The first kappa shape index (κ1) is 15.4. The molecule has 3 rings (SSSR count). The zero-order valence-electron chi connectivity index (χ0n) is 12.3. The molecule has 2 aromatic rings. The van der Waals surface area contributed by atoms with Crippen molar-refractivity contribution in [3.8, 4) is 0 Å². The topological polar surface area (TPSA) is 79.3 Å². The predicted molar refractivity (Wildman–Crippen MR) is 84.9 cm³/mol. The van der Waals surface area contributed by atoms with Gasteiger partial charge >= 0.3 is 0 Å². The molecule has 0 atom stereocenters. The van der Waals surface area contributed by atoms with E-state index >= 15 is 0 Å². The maximum absolute atomic E-state index is 12.7. The summed E-state index contributed by atoms with van der Waals surface area (Å²) in [5, 5.41) is 10.7. The number of hydrogen-bond donors (Lipinski definition) is 2. The summed E-state index contributed by atoms with van der Waals surface area (Å²) in [6, 6.07) is 6.90. The van der Waals surface area contributed by atoms with Crippen molar-refractivity contribution in [2.75, 3.05) is 6.61 Å². The van der Waals surface area contributed by atoms with Crippen molar-refractivity contribution in [3.63, 3.8) is 0 Å². The largest absolute Gasteiger partial charge is 0.396 e. The standard InChI is InChI=1S/C16H20N2O3S/c19-11-12-4-6-14(7-5-12)18-22(20,21)16-3-1-2-13-10-17-9-8-15(13)16/h1-3,8-10,12,14,18-19H,4-7,11H2. The van der Waals surface area contributed by atoms with Gasteiger partial charge in [-0.25, -0.2) is 13.1 Å². The molecule has 1 fully saturated rings. The van der Waals surface area contributed by atoms with Gasteiger partial charge in [-0.2, -0.15) is 0 Å². The molecule has 6 heteroatoms. The number of nitrogens with zero attached hydrogens (tertiary/aromatic N) is 1. The summed E-state index contributed by atoms with van der Waals surface area (Å²) in [4.78, 5) is 4.33. The van der Waals surface area contributed by atoms with Crippen LogP contribution in [0, 0.1) is 5.92 Å². The van der Waals surface area contributed by atoms with Crippen LogP contribution >= 0.6 is 0 Å². The number of benzene rings is 1. The molecule has 0 saturated heterocycles. The van der Waals surface area contributed by atoms with Gasteiger partial charge in [0.15, 0.2) is 0 Å². The molecule has 2 N–H and O–H groups in total. The van der Waals surface area contributed by atoms with Crippen LogP contribution in [0.5, 0.6) is 0 Å². The second-order valence-corrected chi connectivity index (χ2v) is 7.56. The molecule has 0 unspecified atom stereocenters. The Labute approximate surface area is 130 Å². The molecular weight excluding hydrogens is 300 g/mol. The van der Waals surface area contributed by atoms with Gasteiger partial charge in [0.2, 0.25) is 10.0 Å². The molecule has 0 spiro atoms. The maximum atomic E-state index is 12.7. The van der Waals surface area contributed by atoms with Crippen LogP contribution in [0.1, 0.15) is 25.7 Å². The Morgan fingerprint density at radius 3 is 2.68 bits per heavy atom. The quantitative estimate of drug-likeness (QED) is 0.904. The molecule has 0 bridgehead atoms. The fraction of sp³-hybridized carbons (Fsp3) is 0.438. The summed E-state index contributed by atoms with van der Waals surface area (Å²) >= 11 is 0. The summed E-state index contributed by atoms with van der Waals surface area (Å²) in [5.74, 6) is 0.310. The number of fused-ring (bicyclic) bond motifs is 1. The lowest BCUT2D eigenvalue weighted by Crippen LogP contribution is -2.38. The van der Waals surface area contributed by atoms with E-state index in [9.17, 15) is 8.42 Å². The molecule has 118 valence electrons. The minimum Gasteiger partial charge on any atom is -0.396 e. The second kappa shape index (κ2) is 6.32. The molecule has 0 amide bonds. The highest BCUT2D eigenvalue weighted by molar-refractivity contribution is 7.89. The zero-order valence-corrected chi connectivity index (χ0v) is 13.1. The van der Waals surface area contributed by atoms with Crippen LogP contribution in [0.25, 0.3) is 10.8 Å². The number of rotatable bonds is 4. The van der Waals surface area contributed by atoms with Crippen molar-refractivity contribution >= 4 is 20.8 Å². The third-order valence-corrected chi connectivity index (χ3v) is 5.94. The molecule has 1 saturated carbocycles. The van der Waals surface area contributed by atoms with E-state index in [0.29, 0.717) is 16.2 Å². The maximum Gasteiger partial charge on any atom is 0.241 e. The predicted octanol–water partition coefficient (Wildman–Crippen LogP) is 2.06. The second-order valence-electron chi connectivity index (χ2n) is 5.87. The van der Waals surface area contributed by atoms with Crippen LogP contribution < -0.4 is 4.72 Å². The van der Waals surface area contributed by atoms with Crippen LogP contribution in [-0.4, -0.2) is 31.2 Å². The Bertz CT molecular complexity index is 748.